The van der Waals surface area contributed by atoms with Crippen LogP contribution in [0.4, 0.5) is 0 Å². The molecule has 2 heteroatoms. The highest BCUT2D eigenvalue weighted by molar-refractivity contribution is 5.53. The third-order valence-corrected chi connectivity index (χ3v) is 2.76. The molecule has 0 bridgehead atoms. The molecule has 102 valence electrons. The maximum Gasteiger partial charge on any atom is 0.0721 e. The molecular weight excluding hydrogens is 232 g/mol. The van der Waals surface area contributed by atoms with Crippen LogP contribution in [0.1, 0.15) is 25.8 Å². The SMILES string of the molecule is CCC.NC1C=CC=CC1(N)C=Cc1ccccc1. The van der Waals surface area contributed by atoms with Gasteiger partial charge in [-0.05, 0) is 5.56 Å². The van der Waals surface area contributed by atoms with Crippen LogP contribution in [0.25, 0.3) is 6.08 Å². The predicted octanol–water partition coefficient (Wildman–Crippen LogP) is 3.27. The van der Waals surface area contributed by atoms with Crippen LogP contribution in [-0.4, -0.2) is 11.6 Å². The molecule has 2 unspecified atom stereocenters. The van der Waals surface area contributed by atoms with Crippen LogP contribution in [0.2, 0.25) is 0 Å². The first kappa shape index (κ1) is 15.4. The fourth-order valence-corrected chi connectivity index (χ4v) is 1.66. The second-order valence-corrected chi connectivity index (χ2v) is 4.72. The van der Waals surface area contributed by atoms with Crippen molar-refractivity contribution in [3.63, 3.8) is 0 Å². The summed E-state index contributed by atoms with van der Waals surface area (Å²) < 4.78 is 0. The molecule has 4 N–H and O–H groups in total. The summed E-state index contributed by atoms with van der Waals surface area (Å²) in [4.78, 5) is 0. The Morgan fingerprint density at radius 1 is 1.16 bits per heavy atom. The molecule has 1 aliphatic rings. The molecule has 2 atom stereocenters. The Morgan fingerprint density at radius 3 is 2.37 bits per heavy atom. The summed E-state index contributed by atoms with van der Waals surface area (Å²) in [6.07, 6.45) is 12.9. The van der Waals surface area contributed by atoms with E-state index < -0.39 is 5.54 Å². The minimum atomic E-state index is -0.579. The van der Waals surface area contributed by atoms with Crippen LogP contribution in [0.15, 0.2) is 60.7 Å². The van der Waals surface area contributed by atoms with Crippen LogP contribution in [0.5, 0.6) is 0 Å². The highest BCUT2D eigenvalue weighted by atomic mass is 14.8. The lowest BCUT2D eigenvalue weighted by Crippen LogP contribution is -2.52. The lowest BCUT2D eigenvalue weighted by atomic mass is 9.87. The van der Waals surface area contributed by atoms with E-state index in [1.54, 1.807) is 0 Å². The maximum atomic E-state index is 6.20. The molecule has 2 rings (SSSR count). The third kappa shape index (κ3) is 4.86. The summed E-state index contributed by atoms with van der Waals surface area (Å²) in [6, 6.07) is 9.89. The number of hydrogen-bond acceptors (Lipinski definition) is 2. The van der Waals surface area contributed by atoms with Crippen molar-refractivity contribution in [2.45, 2.75) is 31.8 Å². The standard InChI is InChI=1S/C14H16N2.C3H8/c15-13-8-4-5-10-14(13,16)11-9-12-6-2-1-3-7-12;1-3-2/h1-11,13H,15-16H2;3H2,1-2H3. The van der Waals surface area contributed by atoms with Gasteiger partial charge in [-0.15, -0.1) is 0 Å². The largest absolute Gasteiger partial charge is 0.322 e. The number of rotatable bonds is 2. The molecule has 0 saturated carbocycles. The van der Waals surface area contributed by atoms with Gasteiger partial charge in [0.25, 0.3) is 0 Å². The first-order chi connectivity index (χ1) is 9.12. The summed E-state index contributed by atoms with van der Waals surface area (Å²) in [5.41, 5.74) is 12.7. The molecule has 0 saturated heterocycles. The van der Waals surface area contributed by atoms with Gasteiger partial charge in [0.1, 0.15) is 0 Å². The average Bonchev–Trinajstić information content (AvgIpc) is 2.42. The van der Waals surface area contributed by atoms with E-state index in [-0.39, 0.29) is 6.04 Å². The van der Waals surface area contributed by atoms with Gasteiger partial charge in [-0.2, -0.15) is 0 Å². The van der Waals surface area contributed by atoms with E-state index in [0.29, 0.717) is 0 Å². The second-order valence-electron chi connectivity index (χ2n) is 4.72. The Hall–Kier alpha value is -1.64. The molecule has 0 aliphatic heterocycles. The Labute approximate surface area is 116 Å². The number of allylic oxidation sites excluding steroid dienone is 2. The van der Waals surface area contributed by atoms with Gasteiger partial charge < -0.3 is 11.5 Å². The van der Waals surface area contributed by atoms with Gasteiger partial charge in [-0.1, -0.05) is 87.1 Å². The minimum Gasteiger partial charge on any atom is -0.322 e. The van der Waals surface area contributed by atoms with Crippen molar-refractivity contribution in [2.24, 2.45) is 11.5 Å². The quantitative estimate of drug-likeness (QED) is 0.853. The van der Waals surface area contributed by atoms with Gasteiger partial charge in [0, 0.05) is 6.04 Å². The molecule has 2 nitrogen and oxygen atoms in total. The molecule has 1 aromatic carbocycles. The summed E-state index contributed by atoms with van der Waals surface area (Å²) in [6.45, 7) is 4.25. The smallest absolute Gasteiger partial charge is 0.0721 e. The van der Waals surface area contributed by atoms with E-state index in [9.17, 15) is 0 Å². The highest BCUT2D eigenvalue weighted by Crippen LogP contribution is 2.17. The van der Waals surface area contributed by atoms with Crippen molar-refractivity contribution in [2.75, 3.05) is 0 Å². The molecular formula is C17H24N2. The van der Waals surface area contributed by atoms with E-state index in [1.807, 2.05) is 66.8 Å². The van der Waals surface area contributed by atoms with Gasteiger partial charge in [0.15, 0.2) is 0 Å². The zero-order valence-corrected chi connectivity index (χ0v) is 11.8. The van der Waals surface area contributed by atoms with Crippen molar-refractivity contribution in [3.05, 3.63) is 66.3 Å². The molecule has 1 aliphatic carbocycles. The van der Waals surface area contributed by atoms with Gasteiger partial charge in [-0.25, -0.2) is 0 Å². The van der Waals surface area contributed by atoms with Crippen LogP contribution in [0.3, 0.4) is 0 Å². The van der Waals surface area contributed by atoms with E-state index in [4.69, 9.17) is 11.5 Å². The summed E-state index contributed by atoms with van der Waals surface area (Å²) in [7, 11) is 0. The first-order valence-electron chi connectivity index (χ1n) is 6.77. The topological polar surface area (TPSA) is 52.0 Å². The Bertz CT molecular complexity index is 446. The molecule has 0 radical (unpaired) electrons. The van der Waals surface area contributed by atoms with E-state index in [0.717, 1.165) is 5.56 Å². The molecule has 19 heavy (non-hydrogen) atoms. The number of nitrogens with two attached hydrogens (primary N) is 2. The van der Waals surface area contributed by atoms with Crippen molar-refractivity contribution in [1.29, 1.82) is 0 Å². The van der Waals surface area contributed by atoms with Crippen LogP contribution in [0, 0.1) is 0 Å². The average molecular weight is 256 g/mol. The van der Waals surface area contributed by atoms with E-state index >= 15 is 0 Å². The molecule has 0 fully saturated rings. The molecule has 1 aromatic rings. The Balaban J connectivity index is 0.000000550. The van der Waals surface area contributed by atoms with Crippen molar-refractivity contribution < 1.29 is 0 Å². The third-order valence-electron chi connectivity index (χ3n) is 2.76. The fourth-order valence-electron chi connectivity index (χ4n) is 1.66. The molecule has 0 aromatic heterocycles. The Morgan fingerprint density at radius 2 is 1.79 bits per heavy atom. The summed E-state index contributed by atoms with van der Waals surface area (Å²) in [5.74, 6) is 0. The van der Waals surface area contributed by atoms with Gasteiger partial charge in [0.2, 0.25) is 0 Å². The molecule has 0 amide bonds. The van der Waals surface area contributed by atoms with Crippen LogP contribution < -0.4 is 11.5 Å². The van der Waals surface area contributed by atoms with Crippen LogP contribution >= 0.6 is 0 Å². The molecule has 0 heterocycles. The zero-order valence-electron chi connectivity index (χ0n) is 11.8. The predicted molar refractivity (Wildman–Crippen MR) is 84.6 cm³/mol. The van der Waals surface area contributed by atoms with Gasteiger partial charge in [-0.3, -0.25) is 0 Å². The zero-order chi connectivity index (χ0) is 14.1. The monoisotopic (exact) mass is 256 g/mol. The van der Waals surface area contributed by atoms with Crippen molar-refractivity contribution in [1.82, 2.24) is 0 Å². The first-order valence-corrected chi connectivity index (χ1v) is 6.77. The maximum absolute atomic E-state index is 6.20. The second kappa shape index (κ2) is 7.72. The summed E-state index contributed by atoms with van der Waals surface area (Å²) >= 11 is 0. The number of benzene rings is 1. The van der Waals surface area contributed by atoms with E-state index in [2.05, 4.69) is 13.8 Å². The highest BCUT2D eigenvalue weighted by Gasteiger charge is 2.25. The normalized spacial score (nSPS) is 25.2. The summed E-state index contributed by atoms with van der Waals surface area (Å²) in [5, 5.41) is 0. The number of hydrogen-bond donors (Lipinski definition) is 2. The van der Waals surface area contributed by atoms with Crippen molar-refractivity contribution in [3.8, 4) is 0 Å². The lowest BCUT2D eigenvalue weighted by molar-refractivity contribution is 0.573. The Kier molecular flexibility index (Phi) is 6.26. The van der Waals surface area contributed by atoms with Gasteiger partial charge >= 0.3 is 0 Å². The minimum absolute atomic E-state index is 0.169. The fraction of sp³-hybridized carbons (Fsp3) is 0.294. The van der Waals surface area contributed by atoms with Crippen LogP contribution in [-0.2, 0) is 0 Å². The lowest BCUT2D eigenvalue weighted by Gasteiger charge is -2.29. The van der Waals surface area contributed by atoms with Gasteiger partial charge in [0.05, 0.1) is 5.54 Å². The molecule has 0 spiro atoms. The van der Waals surface area contributed by atoms with Crippen molar-refractivity contribution >= 4 is 6.08 Å². The van der Waals surface area contributed by atoms with E-state index in [1.165, 1.54) is 6.42 Å².